The molecular formula is C14H21ClN2O2. The Balaban J connectivity index is 0.00000180. The molecule has 4 nitrogen and oxygen atoms in total. The van der Waals surface area contributed by atoms with Gasteiger partial charge < -0.3 is 15.4 Å². The first-order valence-electron chi connectivity index (χ1n) is 6.42. The standard InChI is InChI=1S/C14H20N2O2.ClH/c1-10(9-15-2)14(17)16-12-5-6-13-11(8-12)4-3-7-18-13;/h5-6,8,10,15H,3-4,7,9H2,1-2H3,(H,16,17);1H. The van der Waals surface area contributed by atoms with E-state index < -0.39 is 0 Å². The van der Waals surface area contributed by atoms with Crippen LogP contribution in [0.25, 0.3) is 0 Å². The molecule has 1 atom stereocenters. The van der Waals surface area contributed by atoms with E-state index in [4.69, 9.17) is 4.74 Å². The third-order valence-corrected chi connectivity index (χ3v) is 3.13. The predicted molar refractivity (Wildman–Crippen MR) is 79.2 cm³/mol. The summed E-state index contributed by atoms with van der Waals surface area (Å²) in [7, 11) is 1.85. The molecule has 1 aromatic carbocycles. The van der Waals surface area contributed by atoms with Gasteiger partial charge in [-0.1, -0.05) is 6.92 Å². The second-order valence-corrected chi connectivity index (χ2v) is 4.72. The Morgan fingerprint density at radius 1 is 1.47 bits per heavy atom. The molecule has 0 aromatic heterocycles. The molecule has 0 aliphatic carbocycles. The van der Waals surface area contributed by atoms with Gasteiger partial charge >= 0.3 is 0 Å². The maximum absolute atomic E-state index is 11.9. The van der Waals surface area contributed by atoms with Crippen LogP contribution in [0.1, 0.15) is 18.9 Å². The fraction of sp³-hybridized carbons (Fsp3) is 0.500. The molecule has 1 heterocycles. The number of carbonyl (C=O) groups excluding carboxylic acids is 1. The molecule has 2 rings (SSSR count). The van der Waals surface area contributed by atoms with Gasteiger partial charge in [0.1, 0.15) is 5.75 Å². The molecule has 19 heavy (non-hydrogen) atoms. The van der Waals surface area contributed by atoms with Gasteiger partial charge in [0.15, 0.2) is 0 Å². The topological polar surface area (TPSA) is 50.4 Å². The van der Waals surface area contributed by atoms with Crippen LogP contribution in [0, 0.1) is 5.92 Å². The van der Waals surface area contributed by atoms with Gasteiger partial charge in [0.25, 0.3) is 0 Å². The van der Waals surface area contributed by atoms with Crippen molar-refractivity contribution in [1.82, 2.24) is 5.32 Å². The van der Waals surface area contributed by atoms with E-state index in [1.807, 2.05) is 32.2 Å². The monoisotopic (exact) mass is 284 g/mol. The van der Waals surface area contributed by atoms with Crippen LogP contribution in [-0.4, -0.2) is 26.1 Å². The van der Waals surface area contributed by atoms with Crippen LogP contribution in [0.3, 0.4) is 0 Å². The fourth-order valence-electron chi connectivity index (χ4n) is 2.10. The van der Waals surface area contributed by atoms with Gasteiger partial charge in [-0.05, 0) is 43.7 Å². The van der Waals surface area contributed by atoms with Crippen molar-refractivity contribution < 1.29 is 9.53 Å². The van der Waals surface area contributed by atoms with E-state index in [9.17, 15) is 4.79 Å². The Kier molecular flexibility index (Phi) is 6.12. The highest BCUT2D eigenvalue weighted by molar-refractivity contribution is 5.92. The average molecular weight is 285 g/mol. The quantitative estimate of drug-likeness (QED) is 0.891. The largest absolute Gasteiger partial charge is 0.493 e. The second-order valence-electron chi connectivity index (χ2n) is 4.72. The number of aryl methyl sites for hydroxylation is 1. The predicted octanol–water partition coefficient (Wildman–Crippen LogP) is 2.23. The molecule has 0 bridgehead atoms. The summed E-state index contributed by atoms with van der Waals surface area (Å²) >= 11 is 0. The lowest BCUT2D eigenvalue weighted by atomic mass is 10.1. The molecule has 5 heteroatoms. The summed E-state index contributed by atoms with van der Waals surface area (Å²) in [5.41, 5.74) is 2.03. The minimum Gasteiger partial charge on any atom is -0.493 e. The molecule has 0 saturated heterocycles. The summed E-state index contributed by atoms with van der Waals surface area (Å²) in [4.78, 5) is 11.9. The number of carbonyl (C=O) groups is 1. The first kappa shape index (κ1) is 15.8. The van der Waals surface area contributed by atoms with E-state index in [1.165, 1.54) is 5.56 Å². The van der Waals surface area contributed by atoms with Crippen LogP contribution >= 0.6 is 12.4 Å². The Morgan fingerprint density at radius 3 is 3.00 bits per heavy atom. The van der Waals surface area contributed by atoms with Gasteiger partial charge in [-0.25, -0.2) is 0 Å². The highest BCUT2D eigenvalue weighted by Gasteiger charge is 2.14. The zero-order valence-electron chi connectivity index (χ0n) is 11.4. The number of amides is 1. The fourth-order valence-corrected chi connectivity index (χ4v) is 2.10. The Hall–Kier alpha value is -1.26. The maximum atomic E-state index is 11.9. The Morgan fingerprint density at radius 2 is 2.26 bits per heavy atom. The molecule has 0 radical (unpaired) electrons. The van der Waals surface area contributed by atoms with Crippen LogP contribution in [-0.2, 0) is 11.2 Å². The van der Waals surface area contributed by atoms with E-state index in [1.54, 1.807) is 0 Å². The molecule has 2 N–H and O–H groups in total. The summed E-state index contributed by atoms with van der Waals surface area (Å²) in [6, 6.07) is 5.85. The summed E-state index contributed by atoms with van der Waals surface area (Å²) in [6.07, 6.45) is 2.06. The minimum atomic E-state index is -0.0396. The van der Waals surface area contributed by atoms with Crippen LogP contribution in [0.15, 0.2) is 18.2 Å². The van der Waals surface area contributed by atoms with E-state index in [2.05, 4.69) is 10.6 Å². The normalized spacial score (nSPS) is 14.6. The van der Waals surface area contributed by atoms with Gasteiger partial charge in [0.2, 0.25) is 5.91 Å². The summed E-state index contributed by atoms with van der Waals surface area (Å²) < 4.78 is 5.55. The molecule has 0 fully saturated rings. The van der Waals surface area contributed by atoms with E-state index in [0.29, 0.717) is 6.54 Å². The molecule has 1 unspecified atom stereocenters. The number of benzene rings is 1. The van der Waals surface area contributed by atoms with Crippen molar-refractivity contribution in [2.45, 2.75) is 19.8 Å². The van der Waals surface area contributed by atoms with Crippen molar-refractivity contribution in [3.8, 4) is 5.75 Å². The maximum Gasteiger partial charge on any atom is 0.228 e. The minimum absolute atomic E-state index is 0. The molecule has 106 valence electrons. The van der Waals surface area contributed by atoms with Crippen molar-refractivity contribution in [2.24, 2.45) is 5.92 Å². The number of anilines is 1. The number of ether oxygens (including phenoxy) is 1. The lowest BCUT2D eigenvalue weighted by molar-refractivity contribution is -0.119. The third-order valence-electron chi connectivity index (χ3n) is 3.13. The van der Waals surface area contributed by atoms with Crippen LogP contribution in [0.5, 0.6) is 5.75 Å². The van der Waals surface area contributed by atoms with Gasteiger partial charge in [-0.2, -0.15) is 0 Å². The van der Waals surface area contributed by atoms with Crippen LogP contribution in [0.4, 0.5) is 5.69 Å². The average Bonchev–Trinajstić information content (AvgIpc) is 2.39. The van der Waals surface area contributed by atoms with Crippen molar-refractivity contribution >= 4 is 24.0 Å². The zero-order valence-corrected chi connectivity index (χ0v) is 12.2. The van der Waals surface area contributed by atoms with E-state index in [0.717, 1.165) is 30.9 Å². The summed E-state index contributed by atoms with van der Waals surface area (Å²) in [6.45, 7) is 3.38. The first-order valence-corrected chi connectivity index (χ1v) is 6.42. The Bertz CT molecular complexity index is 437. The smallest absolute Gasteiger partial charge is 0.228 e. The van der Waals surface area contributed by atoms with Gasteiger partial charge in [-0.15, -0.1) is 12.4 Å². The first-order chi connectivity index (χ1) is 8.70. The van der Waals surface area contributed by atoms with Crippen molar-refractivity contribution in [3.05, 3.63) is 23.8 Å². The highest BCUT2D eigenvalue weighted by Crippen LogP contribution is 2.27. The molecular weight excluding hydrogens is 264 g/mol. The van der Waals surface area contributed by atoms with Crippen molar-refractivity contribution in [2.75, 3.05) is 25.5 Å². The third kappa shape index (κ3) is 4.11. The highest BCUT2D eigenvalue weighted by atomic mass is 35.5. The van der Waals surface area contributed by atoms with E-state index in [-0.39, 0.29) is 24.2 Å². The summed E-state index contributed by atoms with van der Waals surface area (Å²) in [5, 5.41) is 5.95. The molecule has 0 spiro atoms. The van der Waals surface area contributed by atoms with Crippen molar-refractivity contribution in [1.29, 1.82) is 0 Å². The zero-order chi connectivity index (χ0) is 13.0. The summed E-state index contributed by atoms with van der Waals surface area (Å²) in [5.74, 6) is 0.950. The lowest BCUT2D eigenvalue weighted by Crippen LogP contribution is -2.28. The van der Waals surface area contributed by atoms with Gasteiger partial charge in [-0.3, -0.25) is 4.79 Å². The number of hydrogen-bond acceptors (Lipinski definition) is 3. The molecule has 1 amide bonds. The Labute approximate surface area is 120 Å². The number of nitrogens with one attached hydrogen (secondary N) is 2. The van der Waals surface area contributed by atoms with Crippen LogP contribution in [0.2, 0.25) is 0 Å². The van der Waals surface area contributed by atoms with Crippen LogP contribution < -0.4 is 15.4 Å². The van der Waals surface area contributed by atoms with Crippen molar-refractivity contribution in [3.63, 3.8) is 0 Å². The van der Waals surface area contributed by atoms with Gasteiger partial charge in [0, 0.05) is 18.2 Å². The number of fused-ring (bicyclic) bond motifs is 1. The number of hydrogen-bond donors (Lipinski definition) is 2. The molecule has 1 aliphatic rings. The number of halogens is 1. The van der Waals surface area contributed by atoms with Gasteiger partial charge in [0.05, 0.1) is 6.61 Å². The molecule has 1 aromatic rings. The molecule has 1 aliphatic heterocycles. The SMILES string of the molecule is CNCC(C)C(=O)Nc1ccc2c(c1)CCCO2.Cl. The lowest BCUT2D eigenvalue weighted by Gasteiger charge is -2.18. The second kappa shape index (κ2) is 7.36. The number of rotatable bonds is 4. The molecule has 0 saturated carbocycles. The van der Waals surface area contributed by atoms with E-state index >= 15 is 0 Å².